The summed E-state index contributed by atoms with van der Waals surface area (Å²) in [7, 11) is 0. The highest BCUT2D eigenvalue weighted by Crippen LogP contribution is 2.10. The fourth-order valence-corrected chi connectivity index (χ4v) is 2.64. The van der Waals surface area contributed by atoms with E-state index in [0.717, 1.165) is 5.01 Å². The summed E-state index contributed by atoms with van der Waals surface area (Å²) in [5.41, 5.74) is 5.66. The van der Waals surface area contributed by atoms with Gasteiger partial charge < -0.3 is 16.2 Å². The first-order valence-electron chi connectivity index (χ1n) is 5.75. The molecule has 1 aromatic heterocycles. The lowest BCUT2D eigenvalue weighted by molar-refractivity contribution is -0.139. The number of carboxylic acids is 1. The molecule has 1 unspecified atom stereocenters. The van der Waals surface area contributed by atoms with Gasteiger partial charge in [-0.15, -0.1) is 11.3 Å². The van der Waals surface area contributed by atoms with Crippen LogP contribution >= 0.6 is 23.1 Å². The van der Waals surface area contributed by atoms with Gasteiger partial charge in [0.05, 0.1) is 5.01 Å². The van der Waals surface area contributed by atoms with Gasteiger partial charge in [-0.1, -0.05) is 0 Å². The van der Waals surface area contributed by atoms with Crippen molar-refractivity contribution >= 4 is 35.0 Å². The molecule has 0 fully saturated rings. The lowest BCUT2D eigenvalue weighted by Crippen LogP contribution is -2.41. The van der Waals surface area contributed by atoms with E-state index < -0.39 is 17.9 Å². The third-order valence-electron chi connectivity index (χ3n) is 2.36. The van der Waals surface area contributed by atoms with Crippen LogP contribution in [-0.2, 0) is 11.2 Å². The van der Waals surface area contributed by atoms with Crippen molar-refractivity contribution in [1.82, 2.24) is 10.3 Å². The second-order valence-electron chi connectivity index (χ2n) is 3.81. The number of rotatable bonds is 8. The molecule has 106 valence electrons. The van der Waals surface area contributed by atoms with Crippen molar-refractivity contribution in [2.45, 2.75) is 18.9 Å². The van der Waals surface area contributed by atoms with Gasteiger partial charge in [0.15, 0.2) is 0 Å². The molecular weight excluding hydrogens is 286 g/mol. The molecule has 0 aromatic carbocycles. The Morgan fingerprint density at radius 1 is 1.63 bits per heavy atom. The number of carbonyl (C=O) groups excluding carboxylic acids is 1. The first-order valence-corrected chi connectivity index (χ1v) is 8.03. The SMILES string of the molecule is CSCCC(NC(=O)c1csc(CCN)n1)C(=O)O. The molecule has 0 saturated carbocycles. The molecule has 19 heavy (non-hydrogen) atoms. The number of nitrogens with zero attached hydrogens (tertiary/aromatic N) is 1. The number of thiazole rings is 1. The summed E-state index contributed by atoms with van der Waals surface area (Å²) in [6.07, 6.45) is 2.90. The molecule has 8 heteroatoms. The topological polar surface area (TPSA) is 105 Å². The number of hydrogen-bond donors (Lipinski definition) is 3. The smallest absolute Gasteiger partial charge is 0.326 e. The van der Waals surface area contributed by atoms with E-state index in [1.54, 1.807) is 5.38 Å². The lowest BCUT2D eigenvalue weighted by Gasteiger charge is -2.12. The lowest BCUT2D eigenvalue weighted by atomic mass is 10.2. The summed E-state index contributed by atoms with van der Waals surface area (Å²) in [5.74, 6) is -0.806. The number of carboxylic acid groups (broad SMARTS) is 1. The number of nitrogens with two attached hydrogens (primary N) is 1. The van der Waals surface area contributed by atoms with Gasteiger partial charge in [0, 0.05) is 11.8 Å². The van der Waals surface area contributed by atoms with Crippen LogP contribution in [0.4, 0.5) is 0 Å². The van der Waals surface area contributed by atoms with Gasteiger partial charge in [0.25, 0.3) is 5.91 Å². The van der Waals surface area contributed by atoms with Crippen LogP contribution in [0.3, 0.4) is 0 Å². The quantitative estimate of drug-likeness (QED) is 0.649. The van der Waals surface area contributed by atoms with Crippen molar-refractivity contribution in [1.29, 1.82) is 0 Å². The number of aromatic nitrogens is 1. The van der Waals surface area contributed by atoms with Crippen LogP contribution in [0.15, 0.2) is 5.38 Å². The van der Waals surface area contributed by atoms with Gasteiger partial charge in [0.1, 0.15) is 11.7 Å². The van der Waals surface area contributed by atoms with Crippen molar-refractivity contribution in [3.05, 3.63) is 16.1 Å². The molecule has 1 atom stereocenters. The number of hydrogen-bond acceptors (Lipinski definition) is 6. The van der Waals surface area contributed by atoms with Crippen LogP contribution in [0.5, 0.6) is 0 Å². The zero-order valence-electron chi connectivity index (χ0n) is 10.6. The largest absolute Gasteiger partial charge is 0.480 e. The van der Waals surface area contributed by atoms with E-state index in [0.29, 0.717) is 25.1 Å². The first kappa shape index (κ1) is 15.9. The maximum Gasteiger partial charge on any atom is 0.326 e. The van der Waals surface area contributed by atoms with Crippen LogP contribution in [0.1, 0.15) is 21.9 Å². The summed E-state index contributed by atoms with van der Waals surface area (Å²) in [5, 5.41) is 13.9. The zero-order valence-corrected chi connectivity index (χ0v) is 12.2. The third kappa shape index (κ3) is 5.17. The molecule has 0 bridgehead atoms. The fourth-order valence-electron chi connectivity index (χ4n) is 1.38. The molecule has 1 aromatic rings. The third-order valence-corrected chi connectivity index (χ3v) is 3.91. The van der Waals surface area contributed by atoms with E-state index in [4.69, 9.17) is 10.8 Å². The van der Waals surface area contributed by atoms with Gasteiger partial charge in [-0.2, -0.15) is 11.8 Å². The molecule has 1 amide bonds. The van der Waals surface area contributed by atoms with Crippen LogP contribution in [0.25, 0.3) is 0 Å². The minimum absolute atomic E-state index is 0.254. The second-order valence-corrected chi connectivity index (χ2v) is 5.74. The van der Waals surface area contributed by atoms with Crippen molar-refractivity contribution in [2.24, 2.45) is 5.73 Å². The summed E-state index contributed by atoms with van der Waals surface area (Å²) in [6.45, 7) is 0.472. The number of amides is 1. The van der Waals surface area contributed by atoms with Crippen LogP contribution in [-0.4, -0.2) is 46.6 Å². The molecule has 4 N–H and O–H groups in total. The average molecular weight is 303 g/mol. The molecule has 6 nitrogen and oxygen atoms in total. The van der Waals surface area contributed by atoms with Crippen molar-refractivity contribution < 1.29 is 14.7 Å². The van der Waals surface area contributed by atoms with Gasteiger partial charge >= 0.3 is 5.97 Å². The molecule has 0 aliphatic heterocycles. The van der Waals surface area contributed by atoms with E-state index in [2.05, 4.69) is 10.3 Å². The minimum atomic E-state index is -1.03. The minimum Gasteiger partial charge on any atom is -0.480 e. The van der Waals surface area contributed by atoms with Gasteiger partial charge in [-0.25, -0.2) is 9.78 Å². The van der Waals surface area contributed by atoms with Crippen molar-refractivity contribution in [2.75, 3.05) is 18.6 Å². The first-order chi connectivity index (χ1) is 9.08. The molecular formula is C11H17N3O3S2. The number of thioether (sulfide) groups is 1. The van der Waals surface area contributed by atoms with Crippen molar-refractivity contribution in [3.63, 3.8) is 0 Å². The van der Waals surface area contributed by atoms with Crippen LogP contribution in [0, 0.1) is 0 Å². The predicted octanol–water partition coefficient (Wildman–Crippen LogP) is 0.580. The van der Waals surface area contributed by atoms with Gasteiger partial charge in [-0.05, 0) is 25.0 Å². The van der Waals surface area contributed by atoms with Crippen LogP contribution < -0.4 is 11.1 Å². The zero-order chi connectivity index (χ0) is 14.3. The Kier molecular flexibility index (Phi) is 6.82. The Balaban J connectivity index is 2.62. The Bertz CT molecular complexity index is 437. The maximum absolute atomic E-state index is 11.9. The monoisotopic (exact) mass is 303 g/mol. The summed E-state index contributed by atoms with van der Waals surface area (Å²) in [4.78, 5) is 27.0. The summed E-state index contributed by atoms with van der Waals surface area (Å²) >= 11 is 2.89. The van der Waals surface area contributed by atoms with E-state index >= 15 is 0 Å². The Hall–Kier alpha value is -1.12. The van der Waals surface area contributed by atoms with E-state index in [9.17, 15) is 9.59 Å². The predicted molar refractivity (Wildman–Crippen MR) is 76.8 cm³/mol. The van der Waals surface area contributed by atoms with E-state index in [1.807, 2.05) is 6.26 Å². The standard InChI is InChI=1S/C11H17N3O3S2/c1-18-5-3-7(11(16)17)14-10(15)8-6-19-9(13-8)2-4-12/h6-7H,2-5,12H2,1H3,(H,14,15)(H,16,17). The molecule has 0 aliphatic carbocycles. The van der Waals surface area contributed by atoms with Gasteiger partial charge in [0.2, 0.25) is 0 Å². The number of nitrogens with one attached hydrogen (secondary N) is 1. The average Bonchev–Trinajstić information content (AvgIpc) is 2.83. The highest BCUT2D eigenvalue weighted by Gasteiger charge is 2.21. The Labute approximate surface area is 119 Å². The van der Waals surface area contributed by atoms with E-state index in [-0.39, 0.29) is 5.69 Å². The molecule has 0 aliphatic rings. The highest BCUT2D eigenvalue weighted by molar-refractivity contribution is 7.98. The second kappa shape index (κ2) is 8.13. The summed E-state index contributed by atoms with van der Waals surface area (Å²) < 4.78 is 0. The molecule has 0 saturated heterocycles. The number of aliphatic carboxylic acids is 1. The molecule has 1 heterocycles. The highest BCUT2D eigenvalue weighted by atomic mass is 32.2. The fraction of sp³-hybridized carbons (Fsp3) is 0.545. The normalized spacial score (nSPS) is 12.1. The number of carbonyl (C=O) groups is 2. The van der Waals surface area contributed by atoms with Crippen LogP contribution in [0.2, 0.25) is 0 Å². The molecule has 0 spiro atoms. The van der Waals surface area contributed by atoms with Crippen molar-refractivity contribution in [3.8, 4) is 0 Å². The Morgan fingerprint density at radius 2 is 2.37 bits per heavy atom. The van der Waals surface area contributed by atoms with Gasteiger partial charge in [-0.3, -0.25) is 4.79 Å². The molecule has 1 rings (SSSR count). The summed E-state index contributed by atoms with van der Waals surface area (Å²) in [6, 6.07) is -0.875. The van der Waals surface area contributed by atoms with E-state index in [1.165, 1.54) is 23.1 Å². The Morgan fingerprint density at radius 3 is 2.95 bits per heavy atom. The molecule has 0 radical (unpaired) electrons. The maximum atomic E-state index is 11.9.